The van der Waals surface area contributed by atoms with E-state index < -0.39 is 0 Å². The Kier molecular flexibility index (Phi) is 4.98. The van der Waals surface area contributed by atoms with E-state index in [1.54, 1.807) is 11.8 Å². The molecule has 2 aliphatic rings. The van der Waals surface area contributed by atoms with Crippen LogP contribution in [-0.4, -0.2) is 15.7 Å². The number of unbranched alkanes of at least 4 members (excludes halogenated alkanes) is 1. The van der Waals surface area contributed by atoms with Crippen LogP contribution >= 0.6 is 11.8 Å². The van der Waals surface area contributed by atoms with Gasteiger partial charge in [0.1, 0.15) is 0 Å². The minimum Gasteiger partial charge on any atom is -0.301 e. The monoisotopic (exact) mass is 354 g/mol. The van der Waals surface area contributed by atoms with Gasteiger partial charge in [-0.25, -0.2) is 4.98 Å². The van der Waals surface area contributed by atoms with Crippen LogP contribution in [0.15, 0.2) is 34.2 Å². The van der Waals surface area contributed by atoms with Crippen molar-refractivity contribution in [2.24, 2.45) is 5.92 Å². The Labute approximate surface area is 153 Å². The SMILES string of the molecule is CCCCSc1nc2c(c(=O)[nH]1)[C@H](C1CCCC1)Cc1ccccc1-2. The van der Waals surface area contributed by atoms with Crippen molar-refractivity contribution >= 4 is 11.8 Å². The van der Waals surface area contributed by atoms with E-state index in [0.29, 0.717) is 11.8 Å². The highest BCUT2D eigenvalue weighted by Gasteiger charge is 2.35. The van der Waals surface area contributed by atoms with Crippen LogP contribution < -0.4 is 5.56 Å². The Hall–Kier alpha value is -1.55. The Morgan fingerprint density at radius 3 is 2.84 bits per heavy atom. The number of H-pyrrole nitrogens is 1. The van der Waals surface area contributed by atoms with E-state index in [9.17, 15) is 4.79 Å². The van der Waals surface area contributed by atoms with Crippen LogP contribution in [0.5, 0.6) is 0 Å². The van der Waals surface area contributed by atoms with Crippen molar-refractivity contribution in [1.29, 1.82) is 0 Å². The molecule has 0 unspecified atom stereocenters. The predicted molar refractivity (Wildman–Crippen MR) is 104 cm³/mol. The number of rotatable bonds is 5. The third-order valence-electron chi connectivity index (χ3n) is 5.72. The summed E-state index contributed by atoms with van der Waals surface area (Å²) < 4.78 is 0. The number of hydrogen-bond donors (Lipinski definition) is 1. The molecular weight excluding hydrogens is 328 g/mol. The molecule has 1 atom stereocenters. The zero-order chi connectivity index (χ0) is 17.2. The highest BCUT2D eigenvalue weighted by atomic mass is 32.2. The van der Waals surface area contributed by atoms with Crippen LogP contribution in [-0.2, 0) is 6.42 Å². The summed E-state index contributed by atoms with van der Waals surface area (Å²) in [5, 5.41) is 0.777. The Morgan fingerprint density at radius 2 is 2.04 bits per heavy atom. The van der Waals surface area contributed by atoms with Gasteiger partial charge in [0, 0.05) is 16.9 Å². The minimum atomic E-state index is 0.0930. The number of benzene rings is 1. The van der Waals surface area contributed by atoms with Gasteiger partial charge in [-0.05, 0) is 43.1 Å². The van der Waals surface area contributed by atoms with Gasteiger partial charge in [-0.3, -0.25) is 4.79 Å². The fourth-order valence-electron chi connectivity index (χ4n) is 4.42. The molecule has 0 radical (unpaired) electrons. The van der Waals surface area contributed by atoms with E-state index in [1.165, 1.54) is 31.2 Å². The summed E-state index contributed by atoms with van der Waals surface area (Å²) >= 11 is 1.67. The maximum absolute atomic E-state index is 13.0. The fourth-order valence-corrected chi connectivity index (χ4v) is 5.37. The van der Waals surface area contributed by atoms with E-state index in [2.05, 4.69) is 36.2 Å². The smallest absolute Gasteiger partial charge is 0.255 e. The molecule has 0 spiro atoms. The van der Waals surface area contributed by atoms with Gasteiger partial charge < -0.3 is 4.98 Å². The normalized spacial score (nSPS) is 19.6. The Morgan fingerprint density at radius 1 is 1.24 bits per heavy atom. The highest BCUT2D eigenvalue weighted by molar-refractivity contribution is 7.99. The molecule has 132 valence electrons. The first-order valence-electron chi connectivity index (χ1n) is 9.63. The second-order valence-corrected chi connectivity index (χ2v) is 8.43. The molecular formula is C21H26N2OS. The van der Waals surface area contributed by atoms with Gasteiger partial charge in [-0.2, -0.15) is 0 Å². The highest BCUT2D eigenvalue weighted by Crippen LogP contribution is 2.45. The van der Waals surface area contributed by atoms with Crippen LogP contribution in [0.25, 0.3) is 11.3 Å². The molecule has 2 aromatic rings. The van der Waals surface area contributed by atoms with Gasteiger partial charge in [0.25, 0.3) is 5.56 Å². The maximum Gasteiger partial charge on any atom is 0.255 e. The quantitative estimate of drug-likeness (QED) is 0.458. The van der Waals surface area contributed by atoms with E-state index in [1.807, 2.05) is 0 Å². The van der Waals surface area contributed by atoms with Crippen LogP contribution in [0.4, 0.5) is 0 Å². The molecule has 0 aliphatic heterocycles. The molecule has 0 saturated heterocycles. The number of aromatic amines is 1. The molecule has 4 heteroatoms. The summed E-state index contributed by atoms with van der Waals surface area (Å²) in [6, 6.07) is 8.52. The molecule has 1 N–H and O–H groups in total. The van der Waals surface area contributed by atoms with Crippen LogP contribution in [0.2, 0.25) is 0 Å². The number of hydrogen-bond acceptors (Lipinski definition) is 3. The lowest BCUT2D eigenvalue weighted by atomic mass is 9.74. The number of fused-ring (bicyclic) bond motifs is 3. The van der Waals surface area contributed by atoms with E-state index >= 15 is 0 Å². The molecule has 2 aliphatic carbocycles. The predicted octanol–water partition coefficient (Wildman–Crippen LogP) is 5.16. The summed E-state index contributed by atoms with van der Waals surface area (Å²) in [7, 11) is 0. The molecule has 3 nitrogen and oxygen atoms in total. The largest absolute Gasteiger partial charge is 0.301 e. The van der Waals surface area contributed by atoms with Crippen molar-refractivity contribution in [3.8, 4) is 11.3 Å². The molecule has 1 aromatic heterocycles. The number of aromatic nitrogens is 2. The molecule has 1 saturated carbocycles. The second kappa shape index (κ2) is 7.36. The maximum atomic E-state index is 13.0. The molecule has 0 bridgehead atoms. The van der Waals surface area contributed by atoms with Crippen molar-refractivity contribution in [1.82, 2.24) is 9.97 Å². The Bertz CT molecular complexity index is 808. The second-order valence-electron chi connectivity index (χ2n) is 7.35. The first-order chi connectivity index (χ1) is 12.3. The van der Waals surface area contributed by atoms with Crippen molar-refractivity contribution < 1.29 is 0 Å². The summed E-state index contributed by atoms with van der Waals surface area (Å²) in [6.45, 7) is 2.19. The average molecular weight is 355 g/mol. The van der Waals surface area contributed by atoms with Gasteiger partial charge in [0.05, 0.1) is 5.69 Å². The number of thioether (sulfide) groups is 1. The number of nitrogens with one attached hydrogen (secondary N) is 1. The third-order valence-corrected chi connectivity index (χ3v) is 6.68. The molecule has 1 heterocycles. The lowest BCUT2D eigenvalue weighted by Gasteiger charge is -2.30. The summed E-state index contributed by atoms with van der Waals surface area (Å²) in [5.74, 6) is 1.97. The molecule has 25 heavy (non-hydrogen) atoms. The topological polar surface area (TPSA) is 45.8 Å². The molecule has 0 amide bonds. The number of nitrogens with zero attached hydrogens (tertiary/aromatic N) is 1. The van der Waals surface area contributed by atoms with Gasteiger partial charge in [0.15, 0.2) is 5.16 Å². The molecule has 4 rings (SSSR count). The van der Waals surface area contributed by atoms with Crippen molar-refractivity contribution in [2.45, 2.75) is 62.9 Å². The zero-order valence-corrected chi connectivity index (χ0v) is 15.7. The first kappa shape index (κ1) is 16.9. The van der Waals surface area contributed by atoms with Gasteiger partial charge in [-0.15, -0.1) is 0 Å². The zero-order valence-electron chi connectivity index (χ0n) is 14.9. The van der Waals surface area contributed by atoms with E-state index in [4.69, 9.17) is 4.98 Å². The van der Waals surface area contributed by atoms with Gasteiger partial charge in [-0.1, -0.05) is 62.2 Å². The summed E-state index contributed by atoms with van der Waals surface area (Å²) in [5.41, 5.74) is 4.51. The average Bonchev–Trinajstić information content (AvgIpc) is 3.16. The van der Waals surface area contributed by atoms with Crippen molar-refractivity contribution in [2.75, 3.05) is 5.75 Å². The van der Waals surface area contributed by atoms with E-state index in [0.717, 1.165) is 47.0 Å². The standard InChI is InChI=1S/C21H26N2OS/c1-2-3-12-25-21-22-19-16-11-7-6-10-15(16)13-17(14-8-4-5-9-14)18(19)20(24)23-21/h6-7,10-11,14,17H,2-5,8-9,12-13H2,1H3,(H,22,23,24)/t17-/m0/s1. The lowest BCUT2D eigenvalue weighted by molar-refractivity contribution is 0.424. The molecule has 1 fully saturated rings. The minimum absolute atomic E-state index is 0.0930. The van der Waals surface area contributed by atoms with Crippen molar-refractivity contribution in [3.05, 3.63) is 45.7 Å². The van der Waals surface area contributed by atoms with Crippen LogP contribution in [0.3, 0.4) is 0 Å². The third kappa shape index (κ3) is 3.29. The summed E-state index contributed by atoms with van der Waals surface area (Å²) in [4.78, 5) is 21.0. The van der Waals surface area contributed by atoms with Gasteiger partial charge in [0.2, 0.25) is 0 Å². The van der Waals surface area contributed by atoms with Crippen molar-refractivity contribution in [3.63, 3.8) is 0 Å². The van der Waals surface area contributed by atoms with Gasteiger partial charge >= 0.3 is 0 Å². The molecule has 1 aromatic carbocycles. The van der Waals surface area contributed by atoms with E-state index in [-0.39, 0.29) is 5.56 Å². The Balaban J connectivity index is 1.79. The fraction of sp³-hybridized carbons (Fsp3) is 0.524. The van der Waals surface area contributed by atoms with Crippen LogP contribution in [0.1, 0.15) is 62.5 Å². The van der Waals surface area contributed by atoms with Crippen LogP contribution in [0, 0.1) is 5.92 Å². The lowest BCUT2D eigenvalue weighted by Crippen LogP contribution is -2.28. The first-order valence-corrected chi connectivity index (χ1v) is 10.6. The summed E-state index contributed by atoms with van der Waals surface area (Å²) in [6.07, 6.45) is 8.39.